The van der Waals surface area contributed by atoms with Crippen molar-refractivity contribution in [1.82, 2.24) is 14.5 Å². The first kappa shape index (κ1) is 18.7. The molecular formula is C21H25N3O4. The molecule has 2 aliphatic heterocycles. The Labute approximate surface area is 162 Å². The van der Waals surface area contributed by atoms with Crippen LogP contribution in [0.4, 0.5) is 0 Å². The van der Waals surface area contributed by atoms with Crippen LogP contribution in [-0.2, 0) is 24.7 Å². The molecule has 0 radical (unpaired) electrons. The average molecular weight is 383 g/mol. The SMILES string of the molecule is Cn1c(=O)[nH]cc(CC(=O)N2[C@@H]3CC[C@H]2[C@](CO)(Cc2ccccc2)C3)c1=O. The van der Waals surface area contributed by atoms with Gasteiger partial charge in [0.05, 0.1) is 13.0 Å². The van der Waals surface area contributed by atoms with E-state index in [0.29, 0.717) is 0 Å². The van der Waals surface area contributed by atoms with Crippen LogP contribution in [0, 0.1) is 5.41 Å². The van der Waals surface area contributed by atoms with Gasteiger partial charge in [-0.2, -0.15) is 0 Å². The Morgan fingerprint density at radius 3 is 2.71 bits per heavy atom. The lowest BCUT2D eigenvalue weighted by Gasteiger charge is -2.36. The Balaban J connectivity index is 1.58. The summed E-state index contributed by atoms with van der Waals surface area (Å²) in [6.07, 6.45) is 4.60. The van der Waals surface area contributed by atoms with Gasteiger partial charge >= 0.3 is 5.69 Å². The number of aromatic amines is 1. The van der Waals surface area contributed by atoms with Gasteiger partial charge in [0.25, 0.3) is 5.56 Å². The van der Waals surface area contributed by atoms with Crippen LogP contribution in [-0.4, -0.2) is 44.2 Å². The Kier molecular flexibility index (Phi) is 4.71. The van der Waals surface area contributed by atoms with Crippen LogP contribution < -0.4 is 11.2 Å². The number of hydrogen-bond acceptors (Lipinski definition) is 4. The van der Waals surface area contributed by atoms with Crippen LogP contribution in [0.15, 0.2) is 46.1 Å². The van der Waals surface area contributed by atoms with Crippen molar-refractivity contribution in [3.63, 3.8) is 0 Å². The molecule has 1 aromatic heterocycles. The van der Waals surface area contributed by atoms with Crippen LogP contribution in [0.3, 0.4) is 0 Å². The molecule has 2 aromatic rings. The van der Waals surface area contributed by atoms with Crippen molar-refractivity contribution in [2.24, 2.45) is 12.5 Å². The summed E-state index contributed by atoms with van der Waals surface area (Å²) < 4.78 is 0.981. The molecule has 2 bridgehead atoms. The first-order valence-electron chi connectivity index (χ1n) is 9.69. The molecule has 2 saturated heterocycles. The molecule has 4 rings (SSSR count). The van der Waals surface area contributed by atoms with E-state index in [1.165, 1.54) is 13.2 Å². The first-order chi connectivity index (χ1) is 13.4. The average Bonchev–Trinajstić information content (AvgIpc) is 3.25. The Hall–Kier alpha value is -2.67. The lowest BCUT2D eigenvalue weighted by atomic mass is 9.70. The molecular weight excluding hydrogens is 358 g/mol. The van der Waals surface area contributed by atoms with Crippen molar-refractivity contribution in [2.45, 2.75) is 44.2 Å². The second kappa shape index (κ2) is 7.05. The number of aromatic nitrogens is 2. The number of H-pyrrole nitrogens is 1. The maximum absolute atomic E-state index is 13.1. The number of fused-ring (bicyclic) bond motifs is 2. The van der Waals surface area contributed by atoms with Crippen molar-refractivity contribution < 1.29 is 9.90 Å². The van der Waals surface area contributed by atoms with E-state index in [1.807, 2.05) is 23.1 Å². The number of aliphatic hydroxyl groups is 1. The number of carbonyl (C=O) groups excluding carboxylic acids is 1. The second-order valence-corrected chi connectivity index (χ2v) is 8.09. The van der Waals surface area contributed by atoms with Crippen molar-refractivity contribution in [2.75, 3.05) is 6.61 Å². The number of carbonyl (C=O) groups is 1. The zero-order valence-corrected chi connectivity index (χ0v) is 15.9. The lowest BCUT2D eigenvalue weighted by molar-refractivity contribution is -0.132. The van der Waals surface area contributed by atoms with Gasteiger partial charge in [-0.05, 0) is 31.2 Å². The van der Waals surface area contributed by atoms with E-state index < -0.39 is 11.2 Å². The standard InChI is InChI=1S/C21H25N3O4/c1-23-19(27)15(12-22-20(23)28)9-18(26)24-16-7-8-17(24)21(11-16,13-25)10-14-5-3-2-4-6-14/h2-6,12,16-17,25H,7-11,13H2,1H3,(H,22,28)/t16-,17+,21-/m1/s1. The Bertz CT molecular complexity index is 997. The third kappa shape index (κ3) is 2.99. The van der Waals surface area contributed by atoms with Gasteiger partial charge in [0.15, 0.2) is 0 Å². The molecule has 0 aliphatic carbocycles. The quantitative estimate of drug-likeness (QED) is 0.790. The number of hydrogen-bond donors (Lipinski definition) is 2. The minimum absolute atomic E-state index is 0.0261. The largest absolute Gasteiger partial charge is 0.396 e. The monoisotopic (exact) mass is 383 g/mol. The highest BCUT2D eigenvalue weighted by molar-refractivity contribution is 5.80. The molecule has 0 saturated carbocycles. The van der Waals surface area contributed by atoms with E-state index in [9.17, 15) is 19.5 Å². The molecule has 148 valence electrons. The fourth-order valence-electron chi connectivity index (χ4n) is 5.08. The fraction of sp³-hybridized carbons (Fsp3) is 0.476. The van der Waals surface area contributed by atoms with Crippen LogP contribution in [0.2, 0.25) is 0 Å². The van der Waals surface area contributed by atoms with E-state index in [4.69, 9.17) is 0 Å². The number of nitrogens with zero attached hydrogens (tertiary/aromatic N) is 2. The van der Waals surface area contributed by atoms with Gasteiger partial charge in [-0.1, -0.05) is 30.3 Å². The third-order valence-corrected chi connectivity index (χ3v) is 6.45. The van der Waals surface area contributed by atoms with Crippen LogP contribution in [0.25, 0.3) is 0 Å². The molecule has 3 heterocycles. The molecule has 3 atom stereocenters. The van der Waals surface area contributed by atoms with Crippen molar-refractivity contribution in [3.8, 4) is 0 Å². The summed E-state index contributed by atoms with van der Waals surface area (Å²) in [6, 6.07) is 10.1. The lowest BCUT2D eigenvalue weighted by Crippen LogP contribution is -2.45. The van der Waals surface area contributed by atoms with Crippen LogP contribution in [0.1, 0.15) is 30.4 Å². The molecule has 2 aliphatic rings. The summed E-state index contributed by atoms with van der Waals surface area (Å²) in [4.78, 5) is 41.3. The molecule has 2 N–H and O–H groups in total. The number of amides is 1. The fourth-order valence-corrected chi connectivity index (χ4v) is 5.08. The van der Waals surface area contributed by atoms with Gasteiger partial charge in [-0.15, -0.1) is 0 Å². The molecule has 7 heteroatoms. The molecule has 0 spiro atoms. The van der Waals surface area contributed by atoms with Crippen molar-refractivity contribution >= 4 is 5.91 Å². The van der Waals surface area contributed by atoms with E-state index in [0.717, 1.165) is 35.8 Å². The number of aliphatic hydroxyl groups excluding tert-OH is 1. The third-order valence-electron chi connectivity index (χ3n) is 6.45. The maximum atomic E-state index is 13.1. The summed E-state index contributed by atoms with van der Waals surface area (Å²) in [5, 5.41) is 10.3. The van der Waals surface area contributed by atoms with E-state index in [-0.39, 0.29) is 42.0 Å². The summed E-state index contributed by atoms with van der Waals surface area (Å²) in [6.45, 7) is 0.0350. The van der Waals surface area contributed by atoms with Gasteiger partial charge in [0, 0.05) is 36.3 Å². The number of nitrogens with one attached hydrogen (secondary N) is 1. The summed E-state index contributed by atoms with van der Waals surface area (Å²) in [5.74, 6) is -0.111. The molecule has 2 fully saturated rings. The van der Waals surface area contributed by atoms with Gasteiger partial charge in [-0.25, -0.2) is 4.79 Å². The molecule has 7 nitrogen and oxygen atoms in total. The normalized spacial score (nSPS) is 26.0. The van der Waals surface area contributed by atoms with Crippen LogP contribution in [0.5, 0.6) is 0 Å². The van der Waals surface area contributed by atoms with Crippen molar-refractivity contribution in [1.29, 1.82) is 0 Å². The highest BCUT2D eigenvalue weighted by Crippen LogP contribution is 2.51. The molecule has 28 heavy (non-hydrogen) atoms. The van der Waals surface area contributed by atoms with Gasteiger partial charge < -0.3 is 15.0 Å². The number of rotatable bonds is 5. The Morgan fingerprint density at radius 2 is 2.00 bits per heavy atom. The van der Waals surface area contributed by atoms with Gasteiger partial charge in [0.2, 0.25) is 5.91 Å². The number of benzene rings is 1. The van der Waals surface area contributed by atoms with E-state index >= 15 is 0 Å². The topological polar surface area (TPSA) is 95.4 Å². The van der Waals surface area contributed by atoms with Gasteiger partial charge in [-0.3, -0.25) is 14.2 Å². The molecule has 1 aromatic carbocycles. The van der Waals surface area contributed by atoms with E-state index in [1.54, 1.807) is 0 Å². The summed E-state index contributed by atoms with van der Waals surface area (Å²) in [7, 11) is 1.39. The summed E-state index contributed by atoms with van der Waals surface area (Å²) >= 11 is 0. The summed E-state index contributed by atoms with van der Waals surface area (Å²) in [5.41, 5.74) is 0.170. The second-order valence-electron chi connectivity index (χ2n) is 8.09. The Morgan fingerprint density at radius 1 is 1.25 bits per heavy atom. The zero-order chi connectivity index (χ0) is 19.9. The highest BCUT2D eigenvalue weighted by atomic mass is 16.3. The van der Waals surface area contributed by atoms with Crippen LogP contribution >= 0.6 is 0 Å². The zero-order valence-electron chi connectivity index (χ0n) is 15.9. The minimum Gasteiger partial charge on any atom is -0.396 e. The van der Waals surface area contributed by atoms with Crippen molar-refractivity contribution in [3.05, 3.63) is 68.5 Å². The smallest absolute Gasteiger partial charge is 0.328 e. The van der Waals surface area contributed by atoms with Gasteiger partial charge in [0.1, 0.15) is 0 Å². The molecule has 1 amide bonds. The predicted molar refractivity (Wildman–Crippen MR) is 104 cm³/mol. The van der Waals surface area contributed by atoms with E-state index in [2.05, 4.69) is 17.1 Å². The maximum Gasteiger partial charge on any atom is 0.328 e. The minimum atomic E-state index is -0.496. The predicted octanol–water partition coefficient (Wildman–Crippen LogP) is 0.601. The highest BCUT2D eigenvalue weighted by Gasteiger charge is 2.56. The first-order valence-corrected chi connectivity index (χ1v) is 9.69. The molecule has 0 unspecified atom stereocenters.